The van der Waals surface area contributed by atoms with Crippen molar-refractivity contribution in [3.8, 4) is 5.75 Å². The van der Waals surface area contributed by atoms with Gasteiger partial charge in [-0.05, 0) is 0 Å². The summed E-state index contributed by atoms with van der Waals surface area (Å²) in [7, 11) is 1.15. The summed E-state index contributed by atoms with van der Waals surface area (Å²) in [5, 5.41) is 2.74. The van der Waals surface area contributed by atoms with Crippen LogP contribution in [0, 0.1) is 5.82 Å². The molecule has 0 N–H and O–H groups in total. The molecule has 12 heteroatoms. The molecule has 0 saturated carbocycles. The van der Waals surface area contributed by atoms with Crippen LogP contribution < -0.4 is 19.6 Å². The van der Waals surface area contributed by atoms with Crippen LogP contribution in [0.2, 0.25) is 0 Å². The Kier molecular flexibility index (Phi) is 6.76. The van der Waals surface area contributed by atoms with Crippen molar-refractivity contribution in [1.82, 2.24) is 9.58 Å². The van der Waals surface area contributed by atoms with Crippen molar-refractivity contribution in [3.63, 3.8) is 0 Å². The van der Waals surface area contributed by atoms with Crippen molar-refractivity contribution in [2.45, 2.75) is 17.5 Å². The van der Waals surface area contributed by atoms with E-state index in [1.807, 2.05) is 29.3 Å². The van der Waals surface area contributed by atoms with Gasteiger partial charge in [-0.1, -0.05) is 0 Å². The Morgan fingerprint density at radius 3 is 2.85 bits per heavy atom. The van der Waals surface area contributed by atoms with Gasteiger partial charge in [-0.2, -0.15) is 0 Å². The average Bonchev–Trinajstić information content (AvgIpc) is 3.11. The number of hydrogen-bond acceptors (Lipinski definition) is 8. The van der Waals surface area contributed by atoms with Gasteiger partial charge in [-0.25, -0.2) is 0 Å². The number of carbonyl (C=O) groups excluding carboxylic acids is 2. The minimum atomic E-state index is -0.989. The number of benzene rings is 2. The predicted molar refractivity (Wildman–Crippen MR) is 137 cm³/mol. The second kappa shape index (κ2) is 10.4. The zero-order chi connectivity index (χ0) is 27.1. The number of halogens is 1. The van der Waals surface area contributed by atoms with Gasteiger partial charge in [-0.15, -0.1) is 0 Å². The number of methoxy groups -OCH3 is 1. The molecule has 3 aliphatic rings. The molecule has 1 amide bonds. The number of rotatable bonds is 4. The first-order valence-electron chi connectivity index (χ1n) is 12.2. The molecule has 202 valence electrons. The van der Waals surface area contributed by atoms with Crippen LogP contribution >= 0.6 is 0 Å². The van der Waals surface area contributed by atoms with Crippen molar-refractivity contribution >= 4 is 31.5 Å². The number of aromatic nitrogens is 1. The summed E-state index contributed by atoms with van der Waals surface area (Å²) in [6, 6.07) is 13.7. The zero-order valence-electron chi connectivity index (χ0n) is 20.9. The molecule has 0 unspecified atom stereocenters. The molecule has 3 aliphatic heterocycles. The molecule has 1 aromatic heterocycles. The van der Waals surface area contributed by atoms with E-state index in [-0.39, 0.29) is 45.4 Å². The minimum absolute atomic E-state index is 0.0145. The van der Waals surface area contributed by atoms with Crippen molar-refractivity contribution in [2.75, 3.05) is 38.7 Å². The fourth-order valence-electron chi connectivity index (χ4n) is 5.25. The predicted octanol–water partition coefficient (Wildman–Crippen LogP) is 1.49. The van der Waals surface area contributed by atoms with Gasteiger partial charge < -0.3 is 0 Å². The molecule has 0 aliphatic carbocycles. The summed E-state index contributed by atoms with van der Waals surface area (Å²) in [6.07, 6.45) is -0.00970. The van der Waals surface area contributed by atoms with E-state index in [2.05, 4.69) is 10.8 Å². The van der Waals surface area contributed by atoms with Crippen LogP contribution in [0.4, 0.5) is 9.18 Å². The molecule has 3 aromatic rings. The molecule has 1 saturated heterocycles. The first-order valence-corrected chi connectivity index (χ1v) is 14.3. The Morgan fingerprint density at radius 1 is 1.15 bits per heavy atom. The van der Waals surface area contributed by atoms with Crippen LogP contribution in [0.1, 0.15) is 33.2 Å². The van der Waals surface area contributed by atoms with E-state index in [4.69, 9.17) is 14.2 Å². The van der Waals surface area contributed by atoms with E-state index in [0.29, 0.717) is 6.61 Å². The Balaban J connectivity index is 1.57. The van der Waals surface area contributed by atoms with Crippen molar-refractivity contribution in [3.05, 3.63) is 93.2 Å². The Morgan fingerprint density at radius 2 is 2.00 bits per heavy atom. The van der Waals surface area contributed by atoms with Crippen LogP contribution in [-0.2, 0) is 19.5 Å². The van der Waals surface area contributed by atoms with E-state index < -0.39 is 36.5 Å². The van der Waals surface area contributed by atoms with Crippen LogP contribution in [0.15, 0.2) is 59.5 Å². The molecule has 6 rings (SSSR count). The SMILES string of the molecule is COC(=O)OCOc1c2n(ccc1=O)N([C@H]1c3cc(F)ccc3C[Se]c3ccccc31)[C@@H]1COCCN1C2=O. The molecule has 39 heavy (non-hydrogen) atoms. The van der Waals surface area contributed by atoms with Gasteiger partial charge in [0.15, 0.2) is 0 Å². The van der Waals surface area contributed by atoms with E-state index in [1.165, 1.54) is 18.3 Å². The van der Waals surface area contributed by atoms with Crippen LogP contribution in [0.25, 0.3) is 0 Å². The molecule has 1 fully saturated rings. The molecular formula is C27H24FN3O7Se. The molecule has 2 aromatic carbocycles. The van der Waals surface area contributed by atoms with Crippen LogP contribution in [0.5, 0.6) is 5.75 Å². The second-order valence-electron chi connectivity index (χ2n) is 9.07. The van der Waals surface area contributed by atoms with E-state index in [1.54, 1.807) is 15.6 Å². The Hall–Kier alpha value is -3.86. The summed E-state index contributed by atoms with van der Waals surface area (Å²) in [4.78, 5) is 39.9. The van der Waals surface area contributed by atoms with E-state index in [0.717, 1.165) is 33.6 Å². The van der Waals surface area contributed by atoms with Gasteiger partial charge in [0, 0.05) is 0 Å². The summed E-state index contributed by atoms with van der Waals surface area (Å²) in [5.74, 6) is -1.04. The van der Waals surface area contributed by atoms with Crippen LogP contribution in [0.3, 0.4) is 0 Å². The van der Waals surface area contributed by atoms with Gasteiger partial charge in [-0.3, -0.25) is 0 Å². The van der Waals surface area contributed by atoms with Crippen molar-refractivity contribution in [2.24, 2.45) is 0 Å². The van der Waals surface area contributed by atoms with Gasteiger partial charge in [0.25, 0.3) is 0 Å². The molecule has 0 spiro atoms. The number of fused-ring (bicyclic) bond motifs is 4. The number of ether oxygens (including phenoxy) is 4. The molecule has 0 bridgehead atoms. The monoisotopic (exact) mass is 601 g/mol. The first-order chi connectivity index (χ1) is 19.0. The number of amides is 1. The average molecular weight is 600 g/mol. The van der Waals surface area contributed by atoms with Crippen molar-refractivity contribution in [1.29, 1.82) is 0 Å². The topological polar surface area (TPSA) is 99.5 Å². The Labute approximate surface area is 228 Å². The second-order valence-corrected chi connectivity index (χ2v) is 11.2. The molecular weight excluding hydrogens is 576 g/mol. The summed E-state index contributed by atoms with van der Waals surface area (Å²) in [5.41, 5.74) is 2.22. The van der Waals surface area contributed by atoms with Gasteiger partial charge >= 0.3 is 222 Å². The number of carbonyl (C=O) groups is 2. The maximum absolute atomic E-state index is 14.8. The van der Waals surface area contributed by atoms with E-state index >= 15 is 0 Å². The summed E-state index contributed by atoms with van der Waals surface area (Å²) < 4.78 is 38.2. The number of pyridine rings is 1. The Bertz CT molecular complexity index is 1510. The zero-order valence-corrected chi connectivity index (χ0v) is 22.6. The van der Waals surface area contributed by atoms with Gasteiger partial charge in [0.1, 0.15) is 0 Å². The van der Waals surface area contributed by atoms with E-state index in [9.17, 15) is 18.8 Å². The third-order valence-electron chi connectivity index (χ3n) is 6.97. The fourth-order valence-corrected chi connectivity index (χ4v) is 7.55. The van der Waals surface area contributed by atoms with Crippen molar-refractivity contribution < 1.29 is 32.9 Å². The maximum atomic E-state index is 14.8. The molecule has 4 heterocycles. The third-order valence-corrected chi connectivity index (χ3v) is 9.35. The van der Waals surface area contributed by atoms with Gasteiger partial charge in [0.05, 0.1) is 7.11 Å². The molecule has 0 radical (unpaired) electrons. The number of morpholine rings is 1. The fraction of sp³-hybridized carbons (Fsp3) is 0.296. The van der Waals surface area contributed by atoms with Gasteiger partial charge in [0.2, 0.25) is 0 Å². The first kappa shape index (κ1) is 25.4. The normalized spacial score (nSPS) is 19.7. The number of nitrogens with zero attached hydrogens (tertiary/aromatic N) is 3. The standard InChI is InChI=1S/C27H24FN3O7Se/c1-35-27(34)38-15-37-25-20(32)8-9-30-24(25)26(33)29-10-11-36-13-22(29)31(30)23-18-4-2-3-5-21(18)39-14-16-6-7-17(28)12-19(16)23/h2-9,12,22-23H,10-11,13-15H2,1H3/t22-,23-/m1/s1. The molecule has 10 nitrogen and oxygen atoms in total. The number of hydrogen-bond donors (Lipinski definition) is 0. The van der Waals surface area contributed by atoms with Crippen LogP contribution in [-0.4, -0.2) is 76.4 Å². The summed E-state index contributed by atoms with van der Waals surface area (Å²) in [6.45, 7) is 0.203. The third kappa shape index (κ3) is 4.44. The summed E-state index contributed by atoms with van der Waals surface area (Å²) >= 11 is 0.0954. The quantitative estimate of drug-likeness (QED) is 0.253. The molecule has 2 atom stereocenters.